The molecular formula is C17H35IN4. The molecular weight excluding hydrogens is 387 g/mol. The molecule has 4 nitrogen and oxygen atoms in total. The Kier molecular flexibility index (Phi) is 9.71. The summed E-state index contributed by atoms with van der Waals surface area (Å²) < 4.78 is 0. The molecule has 1 aliphatic heterocycles. The largest absolute Gasteiger partial charge is 0.356 e. The van der Waals surface area contributed by atoms with Crippen molar-refractivity contribution in [2.75, 3.05) is 46.3 Å². The second-order valence-corrected chi connectivity index (χ2v) is 6.56. The van der Waals surface area contributed by atoms with Gasteiger partial charge in [0.15, 0.2) is 5.96 Å². The Bertz CT molecular complexity index is 317. The van der Waals surface area contributed by atoms with Crippen LogP contribution in [0.3, 0.4) is 0 Å². The van der Waals surface area contributed by atoms with Gasteiger partial charge in [0.05, 0.1) is 0 Å². The van der Waals surface area contributed by atoms with Crippen LogP contribution in [0.5, 0.6) is 0 Å². The summed E-state index contributed by atoms with van der Waals surface area (Å²) in [6.07, 6.45) is 6.93. The Morgan fingerprint density at radius 2 is 1.73 bits per heavy atom. The van der Waals surface area contributed by atoms with Gasteiger partial charge in [-0.2, -0.15) is 0 Å². The van der Waals surface area contributed by atoms with Crippen LogP contribution in [-0.4, -0.2) is 62.1 Å². The van der Waals surface area contributed by atoms with Gasteiger partial charge in [-0.05, 0) is 50.7 Å². The summed E-state index contributed by atoms with van der Waals surface area (Å²) in [6.45, 7) is 11.4. The summed E-state index contributed by atoms with van der Waals surface area (Å²) in [5, 5.41) is 3.57. The lowest BCUT2D eigenvalue weighted by Crippen LogP contribution is -2.41. The fourth-order valence-corrected chi connectivity index (χ4v) is 3.95. The maximum Gasteiger partial charge on any atom is 0.193 e. The number of halogens is 1. The maximum atomic E-state index is 4.50. The average Bonchev–Trinajstić information content (AvgIpc) is 2.95. The van der Waals surface area contributed by atoms with Crippen molar-refractivity contribution in [2.45, 2.75) is 46.0 Å². The van der Waals surface area contributed by atoms with Crippen molar-refractivity contribution in [3.63, 3.8) is 0 Å². The topological polar surface area (TPSA) is 30.9 Å². The Hall–Kier alpha value is -0.0400. The first-order valence-electron chi connectivity index (χ1n) is 8.96. The van der Waals surface area contributed by atoms with E-state index in [4.69, 9.17) is 0 Å². The van der Waals surface area contributed by atoms with E-state index in [0.717, 1.165) is 37.4 Å². The van der Waals surface area contributed by atoms with Gasteiger partial charge >= 0.3 is 0 Å². The molecule has 2 rings (SSSR count). The molecule has 0 aromatic carbocycles. The second kappa shape index (κ2) is 10.7. The number of guanidine groups is 1. The lowest BCUT2D eigenvalue weighted by molar-refractivity contribution is 0.299. The highest BCUT2D eigenvalue weighted by Crippen LogP contribution is 2.35. The zero-order valence-electron chi connectivity index (χ0n) is 14.7. The highest BCUT2D eigenvalue weighted by atomic mass is 127. The van der Waals surface area contributed by atoms with Gasteiger partial charge in [-0.3, -0.25) is 4.99 Å². The van der Waals surface area contributed by atoms with Gasteiger partial charge in [-0.1, -0.05) is 26.7 Å². The van der Waals surface area contributed by atoms with E-state index in [-0.39, 0.29) is 24.0 Å². The molecule has 2 unspecified atom stereocenters. The predicted octanol–water partition coefficient (Wildman–Crippen LogP) is 3.03. The van der Waals surface area contributed by atoms with Crippen LogP contribution in [0.2, 0.25) is 0 Å². The number of rotatable bonds is 6. The minimum atomic E-state index is 0. The molecule has 0 bridgehead atoms. The molecule has 22 heavy (non-hydrogen) atoms. The van der Waals surface area contributed by atoms with Crippen molar-refractivity contribution in [2.24, 2.45) is 16.8 Å². The monoisotopic (exact) mass is 422 g/mol. The zero-order valence-corrected chi connectivity index (χ0v) is 17.0. The third kappa shape index (κ3) is 5.55. The highest BCUT2D eigenvalue weighted by Gasteiger charge is 2.35. The number of likely N-dealkylation sites (tertiary alicyclic amines) is 1. The number of aliphatic imine (C=N–C) groups is 1. The lowest BCUT2D eigenvalue weighted by Gasteiger charge is -2.23. The van der Waals surface area contributed by atoms with E-state index in [0.29, 0.717) is 0 Å². The molecule has 5 heteroatoms. The van der Waals surface area contributed by atoms with Gasteiger partial charge < -0.3 is 15.1 Å². The third-order valence-electron chi connectivity index (χ3n) is 5.32. The summed E-state index contributed by atoms with van der Waals surface area (Å²) >= 11 is 0. The molecule has 1 aliphatic carbocycles. The Morgan fingerprint density at radius 1 is 1.14 bits per heavy atom. The van der Waals surface area contributed by atoms with Crippen LogP contribution in [-0.2, 0) is 0 Å². The van der Waals surface area contributed by atoms with Gasteiger partial charge in [0.1, 0.15) is 0 Å². The van der Waals surface area contributed by atoms with Crippen molar-refractivity contribution in [1.82, 2.24) is 15.1 Å². The fraction of sp³-hybridized carbons (Fsp3) is 0.941. The van der Waals surface area contributed by atoms with Gasteiger partial charge in [0, 0.05) is 26.7 Å². The highest BCUT2D eigenvalue weighted by molar-refractivity contribution is 14.0. The van der Waals surface area contributed by atoms with E-state index in [2.05, 4.69) is 34.0 Å². The third-order valence-corrected chi connectivity index (χ3v) is 5.32. The van der Waals surface area contributed by atoms with Crippen molar-refractivity contribution in [1.29, 1.82) is 0 Å². The molecule has 1 saturated carbocycles. The summed E-state index contributed by atoms with van der Waals surface area (Å²) in [7, 11) is 1.93. The van der Waals surface area contributed by atoms with Crippen LogP contribution < -0.4 is 5.32 Å². The minimum Gasteiger partial charge on any atom is -0.356 e. The molecule has 2 fully saturated rings. The number of hydrogen-bond donors (Lipinski definition) is 1. The number of nitrogens with zero attached hydrogens (tertiary/aromatic N) is 3. The summed E-state index contributed by atoms with van der Waals surface area (Å²) in [6, 6.07) is 0. The van der Waals surface area contributed by atoms with E-state index in [9.17, 15) is 0 Å². The van der Waals surface area contributed by atoms with Crippen LogP contribution in [0.25, 0.3) is 0 Å². The van der Waals surface area contributed by atoms with E-state index in [1.807, 2.05) is 7.05 Å². The molecule has 2 aliphatic rings. The second-order valence-electron chi connectivity index (χ2n) is 6.56. The summed E-state index contributed by atoms with van der Waals surface area (Å²) in [5.41, 5.74) is 0. The summed E-state index contributed by atoms with van der Waals surface area (Å²) in [5.74, 6) is 2.98. The molecule has 2 atom stereocenters. The molecule has 0 amide bonds. The normalized spacial score (nSPS) is 25.1. The minimum absolute atomic E-state index is 0. The molecule has 1 saturated heterocycles. The zero-order chi connectivity index (χ0) is 15.1. The Labute approximate surface area is 154 Å². The first-order valence-corrected chi connectivity index (χ1v) is 8.96. The number of hydrogen-bond acceptors (Lipinski definition) is 2. The van der Waals surface area contributed by atoms with Gasteiger partial charge in [-0.15, -0.1) is 24.0 Å². The van der Waals surface area contributed by atoms with Crippen molar-refractivity contribution in [3.8, 4) is 0 Å². The molecule has 0 aromatic rings. The Morgan fingerprint density at radius 3 is 2.23 bits per heavy atom. The maximum absolute atomic E-state index is 4.50. The first-order chi connectivity index (χ1) is 10.3. The van der Waals surface area contributed by atoms with Crippen LogP contribution in [0, 0.1) is 11.8 Å². The van der Waals surface area contributed by atoms with E-state index in [1.165, 1.54) is 51.7 Å². The molecule has 1 heterocycles. The molecule has 0 radical (unpaired) electrons. The quantitative estimate of drug-likeness (QED) is 0.309. The number of nitrogens with one attached hydrogen (secondary N) is 1. The Balaban J connectivity index is 0.00000242. The van der Waals surface area contributed by atoms with Crippen molar-refractivity contribution in [3.05, 3.63) is 0 Å². The molecule has 0 spiro atoms. The predicted molar refractivity (Wildman–Crippen MR) is 106 cm³/mol. The van der Waals surface area contributed by atoms with Crippen LogP contribution in [0.1, 0.15) is 46.0 Å². The lowest BCUT2D eigenvalue weighted by atomic mass is 9.82. The van der Waals surface area contributed by atoms with Gasteiger partial charge in [0.25, 0.3) is 0 Å². The van der Waals surface area contributed by atoms with Crippen LogP contribution in [0.15, 0.2) is 4.99 Å². The summed E-state index contributed by atoms with van der Waals surface area (Å²) in [4.78, 5) is 9.48. The van der Waals surface area contributed by atoms with Crippen LogP contribution in [0.4, 0.5) is 0 Å². The standard InChI is InChI=1S/C17H34N4.HI/c1-4-20(5-2)12-8-11-19-17(18-3)21-13-15-9-6-7-10-16(15)14-21;/h15-16H,4-14H2,1-3H3,(H,18,19);1H. The van der Waals surface area contributed by atoms with Crippen LogP contribution >= 0.6 is 24.0 Å². The van der Waals surface area contributed by atoms with E-state index in [1.54, 1.807) is 0 Å². The van der Waals surface area contributed by atoms with Gasteiger partial charge in [0.2, 0.25) is 0 Å². The van der Waals surface area contributed by atoms with E-state index < -0.39 is 0 Å². The molecule has 130 valence electrons. The van der Waals surface area contributed by atoms with Crippen molar-refractivity contribution < 1.29 is 0 Å². The first kappa shape index (κ1) is 20.0. The van der Waals surface area contributed by atoms with E-state index >= 15 is 0 Å². The van der Waals surface area contributed by atoms with Gasteiger partial charge in [-0.25, -0.2) is 0 Å². The molecule has 1 N–H and O–H groups in total. The fourth-order valence-electron chi connectivity index (χ4n) is 3.95. The van der Waals surface area contributed by atoms with Crippen molar-refractivity contribution >= 4 is 29.9 Å². The average molecular weight is 422 g/mol. The number of fused-ring (bicyclic) bond motifs is 1. The molecule has 0 aromatic heterocycles. The smallest absolute Gasteiger partial charge is 0.193 e. The SMILES string of the molecule is CCN(CC)CCCNC(=NC)N1CC2CCCCC2C1.I.